The van der Waals surface area contributed by atoms with E-state index in [1.807, 2.05) is 12.1 Å². The third-order valence-corrected chi connectivity index (χ3v) is 3.71. The Morgan fingerprint density at radius 3 is 2.65 bits per heavy atom. The zero-order valence-electron chi connectivity index (χ0n) is 10.6. The summed E-state index contributed by atoms with van der Waals surface area (Å²) >= 11 is 5.94. The summed E-state index contributed by atoms with van der Waals surface area (Å²) in [4.78, 5) is 2.51. The van der Waals surface area contributed by atoms with E-state index in [0.717, 1.165) is 12.5 Å². The Morgan fingerprint density at radius 2 is 2.12 bits per heavy atom. The van der Waals surface area contributed by atoms with Crippen LogP contribution in [-0.4, -0.2) is 17.5 Å². The first-order valence-corrected chi connectivity index (χ1v) is 6.72. The van der Waals surface area contributed by atoms with Crippen molar-refractivity contribution in [3.05, 3.63) is 28.8 Å². The minimum Gasteiger partial charge on any atom is -0.398 e. The molecule has 0 heterocycles. The third kappa shape index (κ3) is 3.62. The minimum absolute atomic E-state index is 0.576. The lowest BCUT2D eigenvalue weighted by Crippen LogP contribution is -2.32. The van der Waals surface area contributed by atoms with E-state index in [1.165, 1.54) is 24.9 Å². The van der Waals surface area contributed by atoms with E-state index < -0.39 is 0 Å². The monoisotopic (exact) mass is 252 g/mol. The fourth-order valence-corrected chi connectivity index (χ4v) is 2.13. The zero-order chi connectivity index (χ0) is 12.4. The van der Waals surface area contributed by atoms with Gasteiger partial charge in [-0.2, -0.15) is 0 Å². The maximum absolute atomic E-state index is 5.94. The van der Waals surface area contributed by atoms with Gasteiger partial charge in [0, 0.05) is 19.1 Å². The summed E-state index contributed by atoms with van der Waals surface area (Å²) in [5.74, 6) is 0.919. The first kappa shape index (κ1) is 12.7. The highest BCUT2D eigenvalue weighted by molar-refractivity contribution is 6.33. The molecule has 0 aromatic heterocycles. The molecule has 0 radical (unpaired) electrons. The fraction of sp³-hybridized carbons (Fsp3) is 0.571. The molecule has 1 saturated carbocycles. The maximum atomic E-state index is 5.94. The van der Waals surface area contributed by atoms with Crippen LogP contribution in [0, 0.1) is 5.92 Å². The highest BCUT2D eigenvalue weighted by Crippen LogP contribution is 2.31. The Hall–Kier alpha value is -0.730. The summed E-state index contributed by atoms with van der Waals surface area (Å²) in [5.41, 5.74) is 7.77. The predicted octanol–water partition coefficient (Wildman–Crippen LogP) is 3.54. The molecule has 0 spiro atoms. The number of nitrogens with two attached hydrogens (primary N) is 1. The average molecular weight is 253 g/mol. The standard InChI is InChI=1S/C14H21ClN2/c1-10(2)17(8-11-3-4-11)9-12-5-6-13(15)14(16)7-12/h5-7,10-11H,3-4,8-9,16H2,1-2H3. The molecule has 0 saturated heterocycles. The van der Waals surface area contributed by atoms with E-state index in [2.05, 4.69) is 24.8 Å². The first-order chi connectivity index (χ1) is 8.06. The van der Waals surface area contributed by atoms with Gasteiger partial charge in [-0.1, -0.05) is 17.7 Å². The van der Waals surface area contributed by atoms with Crippen LogP contribution in [0.3, 0.4) is 0 Å². The van der Waals surface area contributed by atoms with Crippen LogP contribution < -0.4 is 5.73 Å². The van der Waals surface area contributed by atoms with Gasteiger partial charge in [0.2, 0.25) is 0 Å². The van der Waals surface area contributed by atoms with Gasteiger partial charge in [-0.25, -0.2) is 0 Å². The van der Waals surface area contributed by atoms with Crippen molar-refractivity contribution in [3.63, 3.8) is 0 Å². The van der Waals surface area contributed by atoms with E-state index in [1.54, 1.807) is 0 Å². The van der Waals surface area contributed by atoms with Crippen LogP contribution in [0.25, 0.3) is 0 Å². The molecule has 0 aliphatic heterocycles. The smallest absolute Gasteiger partial charge is 0.0635 e. The molecule has 17 heavy (non-hydrogen) atoms. The number of anilines is 1. The summed E-state index contributed by atoms with van der Waals surface area (Å²) in [6.07, 6.45) is 2.79. The molecular formula is C14H21ClN2. The molecule has 2 nitrogen and oxygen atoms in total. The number of rotatable bonds is 5. The quantitative estimate of drug-likeness (QED) is 0.813. The van der Waals surface area contributed by atoms with Crippen LogP contribution in [-0.2, 0) is 6.54 Å². The van der Waals surface area contributed by atoms with Crippen molar-refractivity contribution >= 4 is 17.3 Å². The largest absolute Gasteiger partial charge is 0.398 e. The van der Waals surface area contributed by atoms with Crippen molar-refractivity contribution in [3.8, 4) is 0 Å². The molecule has 2 rings (SSSR count). The summed E-state index contributed by atoms with van der Waals surface area (Å²) in [5, 5.41) is 0.645. The lowest BCUT2D eigenvalue weighted by Gasteiger charge is -2.26. The first-order valence-electron chi connectivity index (χ1n) is 6.34. The summed E-state index contributed by atoms with van der Waals surface area (Å²) in [6.45, 7) is 6.68. The molecule has 0 amide bonds. The van der Waals surface area contributed by atoms with Crippen LogP contribution in [0.5, 0.6) is 0 Å². The molecule has 1 aliphatic rings. The Kier molecular flexibility index (Phi) is 3.95. The minimum atomic E-state index is 0.576. The van der Waals surface area contributed by atoms with Crippen LogP contribution in [0.15, 0.2) is 18.2 Å². The van der Waals surface area contributed by atoms with Gasteiger partial charge in [0.1, 0.15) is 0 Å². The van der Waals surface area contributed by atoms with Gasteiger partial charge in [0.15, 0.2) is 0 Å². The number of hydrogen-bond acceptors (Lipinski definition) is 2. The second-order valence-electron chi connectivity index (χ2n) is 5.32. The average Bonchev–Trinajstić information content (AvgIpc) is 3.06. The van der Waals surface area contributed by atoms with Gasteiger partial charge in [-0.15, -0.1) is 0 Å². The van der Waals surface area contributed by atoms with Gasteiger partial charge in [0.25, 0.3) is 0 Å². The highest BCUT2D eigenvalue weighted by Gasteiger charge is 2.25. The topological polar surface area (TPSA) is 29.3 Å². The number of halogens is 1. The van der Waals surface area contributed by atoms with Crippen LogP contribution in [0.4, 0.5) is 5.69 Å². The normalized spacial score (nSPS) is 15.8. The highest BCUT2D eigenvalue weighted by atomic mass is 35.5. The summed E-state index contributed by atoms with van der Waals surface area (Å²) in [7, 11) is 0. The molecule has 1 aromatic rings. The molecule has 94 valence electrons. The van der Waals surface area contributed by atoms with E-state index in [0.29, 0.717) is 16.8 Å². The molecule has 1 fully saturated rings. The van der Waals surface area contributed by atoms with Gasteiger partial charge in [-0.3, -0.25) is 4.90 Å². The van der Waals surface area contributed by atoms with Gasteiger partial charge in [-0.05, 0) is 50.3 Å². The Morgan fingerprint density at radius 1 is 1.41 bits per heavy atom. The van der Waals surface area contributed by atoms with E-state index in [4.69, 9.17) is 17.3 Å². The summed E-state index contributed by atoms with van der Waals surface area (Å²) in [6, 6.07) is 6.53. The fourth-order valence-electron chi connectivity index (χ4n) is 2.02. The van der Waals surface area contributed by atoms with Gasteiger partial charge < -0.3 is 5.73 Å². The molecule has 0 atom stereocenters. The SMILES string of the molecule is CC(C)N(Cc1ccc(Cl)c(N)c1)CC1CC1. The molecule has 1 aliphatic carbocycles. The number of hydrogen-bond donors (Lipinski definition) is 1. The molecule has 3 heteroatoms. The van der Waals surface area contributed by atoms with Gasteiger partial charge in [0.05, 0.1) is 10.7 Å². The van der Waals surface area contributed by atoms with E-state index in [-0.39, 0.29) is 0 Å². The number of nitrogen functional groups attached to an aromatic ring is 1. The van der Waals surface area contributed by atoms with Crippen molar-refractivity contribution in [1.82, 2.24) is 4.90 Å². The molecule has 1 aromatic carbocycles. The third-order valence-electron chi connectivity index (χ3n) is 3.37. The van der Waals surface area contributed by atoms with Crippen molar-refractivity contribution in [2.45, 2.75) is 39.3 Å². The van der Waals surface area contributed by atoms with E-state index >= 15 is 0 Å². The number of nitrogens with zero attached hydrogens (tertiary/aromatic N) is 1. The molecule has 2 N–H and O–H groups in total. The molecule has 0 unspecified atom stereocenters. The Bertz CT molecular complexity index is 386. The molecule has 0 bridgehead atoms. The number of benzene rings is 1. The Balaban J connectivity index is 2.02. The van der Waals surface area contributed by atoms with Crippen LogP contribution >= 0.6 is 11.6 Å². The zero-order valence-corrected chi connectivity index (χ0v) is 11.4. The lowest BCUT2D eigenvalue weighted by atomic mass is 10.1. The van der Waals surface area contributed by atoms with Crippen LogP contribution in [0.1, 0.15) is 32.3 Å². The second kappa shape index (κ2) is 5.28. The second-order valence-corrected chi connectivity index (χ2v) is 5.73. The van der Waals surface area contributed by atoms with Crippen LogP contribution in [0.2, 0.25) is 5.02 Å². The van der Waals surface area contributed by atoms with Crippen molar-refractivity contribution in [1.29, 1.82) is 0 Å². The maximum Gasteiger partial charge on any atom is 0.0635 e. The van der Waals surface area contributed by atoms with Crippen molar-refractivity contribution in [2.24, 2.45) is 5.92 Å². The van der Waals surface area contributed by atoms with E-state index in [9.17, 15) is 0 Å². The molecular weight excluding hydrogens is 232 g/mol. The lowest BCUT2D eigenvalue weighted by molar-refractivity contribution is 0.204. The Labute approximate surface area is 109 Å². The van der Waals surface area contributed by atoms with Crippen molar-refractivity contribution in [2.75, 3.05) is 12.3 Å². The van der Waals surface area contributed by atoms with Gasteiger partial charge >= 0.3 is 0 Å². The predicted molar refractivity (Wildman–Crippen MR) is 74.1 cm³/mol. The van der Waals surface area contributed by atoms with Crippen molar-refractivity contribution < 1.29 is 0 Å². The summed E-state index contributed by atoms with van der Waals surface area (Å²) < 4.78 is 0.